The maximum atomic E-state index is 14.1. The van der Waals surface area contributed by atoms with Crippen molar-refractivity contribution in [2.45, 2.75) is 97.6 Å². The summed E-state index contributed by atoms with van der Waals surface area (Å²) in [5.41, 5.74) is 7.25. The predicted octanol–water partition coefficient (Wildman–Crippen LogP) is 6.69. The SMILES string of the molecule is Cc1ncsc1-c1ccc(CNC(=O)[C@@H]2C[C@@H](O)CN2C(=O)[C@@H](NC(=O)CCOCCOc2ccc(-c3cn4c(n3)CCC4)cc2CNC(=O)Cc2ccc(Cl)c(Cl)c2)C(C)(C)C)cc1. The number of rotatable bonds is 18. The predicted molar refractivity (Wildman–Crippen MR) is 251 cm³/mol. The van der Waals surface area contributed by atoms with Crippen LogP contribution in [0.2, 0.25) is 10.0 Å². The topological polar surface area (TPSA) is 177 Å². The number of nitrogens with zero attached hydrogens (tertiary/aromatic N) is 4. The third kappa shape index (κ3) is 12.3. The molecule has 7 rings (SSSR count). The lowest BCUT2D eigenvalue weighted by Crippen LogP contribution is -2.57. The van der Waals surface area contributed by atoms with Gasteiger partial charge >= 0.3 is 0 Å². The number of carbonyl (C=O) groups excluding carboxylic acids is 4. The van der Waals surface area contributed by atoms with Crippen LogP contribution >= 0.6 is 34.5 Å². The van der Waals surface area contributed by atoms with Gasteiger partial charge in [-0.15, -0.1) is 11.3 Å². The number of amides is 4. The summed E-state index contributed by atoms with van der Waals surface area (Å²) >= 11 is 13.8. The van der Waals surface area contributed by atoms with Crippen molar-refractivity contribution in [2.75, 3.05) is 26.4 Å². The van der Waals surface area contributed by atoms with Crippen molar-refractivity contribution < 1.29 is 33.8 Å². The second kappa shape index (κ2) is 21.3. The van der Waals surface area contributed by atoms with E-state index in [1.54, 1.807) is 29.5 Å². The van der Waals surface area contributed by atoms with E-state index in [1.807, 2.05) is 75.7 Å². The maximum absolute atomic E-state index is 14.1. The average molecular weight is 945 g/mol. The van der Waals surface area contributed by atoms with E-state index in [-0.39, 0.29) is 70.5 Å². The number of ether oxygens (including phenoxy) is 2. The summed E-state index contributed by atoms with van der Waals surface area (Å²) in [5.74, 6) is 0.221. The number of nitrogens with one attached hydrogen (secondary N) is 3. The van der Waals surface area contributed by atoms with E-state index in [9.17, 15) is 24.3 Å². The number of aromatic nitrogens is 3. The van der Waals surface area contributed by atoms with E-state index in [0.717, 1.165) is 69.3 Å². The van der Waals surface area contributed by atoms with Crippen LogP contribution in [-0.2, 0) is 56.4 Å². The van der Waals surface area contributed by atoms with Crippen LogP contribution in [0.3, 0.4) is 0 Å². The molecule has 1 fully saturated rings. The molecule has 4 amide bonds. The van der Waals surface area contributed by atoms with Crippen molar-refractivity contribution >= 4 is 58.2 Å². The van der Waals surface area contributed by atoms with Crippen LogP contribution in [-0.4, -0.2) is 92.7 Å². The van der Waals surface area contributed by atoms with Crippen molar-refractivity contribution in [3.63, 3.8) is 0 Å². The highest BCUT2D eigenvalue weighted by atomic mass is 35.5. The molecule has 0 unspecified atom stereocenters. The molecule has 3 atom stereocenters. The molecule has 5 aromatic rings. The van der Waals surface area contributed by atoms with Crippen molar-refractivity contribution in [3.8, 4) is 27.4 Å². The van der Waals surface area contributed by atoms with Gasteiger partial charge in [0.15, 0.2) is 0 Å². The molecule has 0 bridgehead atoms. The molecule has 344 valence electrons. The van der Waals surface area contributed by atoms with Gasteiger partial charge in [-0.05, 0) is 65.8 Å². The van der Waals surface area contributed by atoms with Gasteiger partial charge in [0.25, 0.3) is 0 Å². The van der Waals surface area contributed by atoms with Crippen LogP contribution in [0, 0.1) is 12.3 Å². The van der Waals surface area contributed by atoms with E-state index in [4.69, 9.17) is 37.7 Å². The molecular formula is C48H55Cl2N7O7S. The van der Waals surface area contributed by atoms with Gasteiger partial charge in [-0.1, -0.05) is 74.3 Å². The van der Waals surface area contributed by atoms with Crippen molar-refractivity contribution in [3.05, 3.63) is 111 Å². The summed E-state index contributed by atoms with van der Waals surface area (Å²) in [6.45, 7) is 9.27. The molecule has 17 heteroatoms. The first kappa shape index (κ1) is 47.6. The van der Waals surface area contributed by atoms with Gasteiger partial charge < -0.3 is 40.0 Å². The lowest BCUT2D eigenvalue weighted by Gasteiger charge is -2.35. The van der Waals surface area contributed by atoms with Gasteiger partial charge in [-0.2, -0.15) is 0 Å². The lowest BCUT2D eigenvalue weighted by molar-refractivity contribution is -0.144. The van der Waals surface area contributed by atoms with Crippen LogP contribution in [0.5, 0.6) is 5.75 Å². The Bertz CT molecular complexity index is 2480. The number of benzene rings is 3. The fraction of sp³-hybridized carbons (Fsp3) is 0.417. The fourth-order valence-corrected chi connectivity index (χ4v) is 9.13. The summed E-state index contributed by atoms with van der Waals surface area (Å²) in [4.78, 5) is 65.4. The number of halogens is 2. The number of hydrogen-bond donors (Lipinski definition) is 4. The number of aryl methyl sites for hydroxylation is 3. The number of aliphatic hydroxyl groups excluding tert-OH is 1. The Labute approximate surface area is 393 Å². The van der Waals surface area contributed by atoms with Gasteiger partial charge in [0.2, 0.25) is 23.6 Å². The number of hydrogen-bond acceptors (Lipinski definition) is 10. The molecule has 1 saturated heterocycles. The Kier molecular flexibility index (Phi) is 15.6. The first-order valence-electron chi connectivity index (χ1n) is 21.8. The summed E-state index contributed by atoms with van der Waals surface area (Å²) in [7, 11) is 0. The number of carbonyl (C=O) groups is 4. The van der Waals surface area contributed by atoms with Gasteiger partial charge in [0, 0.05) is 62.8 Å². The average Bonchev–Trinajstić information content (AvgIpc) is 4.09. The van der Waals surface area contributed by atoms with Crippen molar-refractivity contribution in [1.82, 2.24) is 35.4 Å². The second-order valence-corrected chi connectivity index (χ2v) is 19.2. The Morgan fingerprint density at radius 2 is 1.69 bits per heavy atom. The standard InChI is InChI=1S/C48H55Cl2N7O7S/c1-29-44(65-28-53-29)32-10-7-30(8-11-32)24-52-46(61)39-23-35(58)26-57(39)47(62)45(48(2,3)4)55-42(59)15-17-63-18-19-64-40-14-12-33(38-27-56-16-5-6-41(56)54-38)22-34(40)25-51-43(60)21-31-9-13-36(49)37(50)20-31/h7-14,20,22,27-28,35,39,45,58H,5-6,15-19,21,23-26H2,1-4H3,(H,51,60)(H,52,61)(H,55,59)/t35-,39+,45-/m1/s1. The molecule has 4 N–H and O–H groups in total. The van der Waals surface area contributed by atoms with Gasteiger partial charge in [0.05, 0.1) is 57.6 Å². The highest BCUT2D eigenvalue weighted by Gasteiger charge is 2.44. The number of fused-ring (bicyclic) bond motifs is 1. The van der Waals surface area contributed by atoms with Crippen LogP contribution in [0.15, 0.2) is 72.4 Å². The summed E-state index contributed by atoms with van der Waals surface area (Å²) < 4.78 is 14.1. The van der Waals surface area contributed by atoms with Crippen molar-refractivity contribution in [1.29, 1.82) is 0 Å². The zero-order valence-corrected chi connectivity index (χ0v) is 39.3. The van der Waals surface area contributed by atoms with Gasteiger partial charge in [-0.3, -0.25) is 19.2 Å². The molecule has 2 aliphatic heterocycles. The summed E-state index contributed by atoms with van der Waals surface area (Å²) in [6, 6.07) is 16.9. The number of likely N-dealkylation sites (tertiary alicyclic amines) is 1. The minimum atomic E-state index is -0.962. The monoisotopic (exact) mass is 943 g/mol. The van der Waals surface area contributed by atoms with E-state index in [0.29, 0.717) is 15.8 Å². The third-order valence-electron chi connectivity index (χ3n) is 11.5. The van der Waals surface area contributed by atoms with E-state index < -0.39 is 35.4 Å². The molecule has 2 aliphatic rings. The smallest absolute Gasteiger partial charge is 0.246 e. The molecule has 0 radical (unpaired) electrons. The van der Waals surface area contributed by atoms with Crippen LogP contribution in [0.25, 0.3) is 21.7 Å². The Morgan fingerprint density at radius 3 is 2.42 bits per heavy atom. The molecule has 3 aromatic carbocycles. The third-order valence-corrected chi connectivity index (χ3v) is 13.2. The zero-order chi connectivity index (χ0) is 46.3. The quantitative estimate of drug-likeness (QED) is 0.0698. The van der Waals surface area contributed by atoms with E-state index >= 15 is 0 Å². The normalized spacial score (nSPS) is 16.3. The first-order chi connectivity index (χ1) is 31.1. The minimum Gasteiger partial charge on any atom is -0.491 e. The fourth-order valence-electron chi connectivity index (χ4n) is 7.99. The number of thiazole rings is 1. The van der Waals surface area contributed by atoms with Gasteiger partial charge in [-0.25, -0.2) is 9.97 Å². The van der Waals surface area contributed by atoms with Gasteiger partial charge in [0.1, 0.15) is 30.3 Å². The first-order valence-corrected chi connectivity index (χ1v) is 23.4. The molecular weight excluding hydrogens is 890 g/mol. The Balaban J connectivity index is 0.893. The summed E-state index contributed by atoms with van der Waals surface area (Å²) in [6.07, 6.45) is 3.38. The lowest BCUT2D eigenvalue weighted by atomic mass is 9.85. The largest absolute Gasteiger partial charge is 0.491 e. The minimum absolute atomic E-state index is 0.0206. The van der Waals surface area contributed by atoms with Crippen LogP contribution < -0.4 is 20.7 Å². The second-order valence-electron chi connectivity index (χ2n) is 17.5. The molecule has 0 spiro atoms. The van der Waals surface area contributed by atoms with E-state index in [1.165, 1.54) is 4.90 Å². The Morgan fingerprint density at radius 1 is 0.923 bits per heavy atom. The molecule has 0 saturated carbocycles. The number of aliphatic hydroxyl groups is 1. The number of β-amino-alcohol motifs (C(OH)–C–C–N with tert-alkyl or cyclic N) is 1. The molecule has 0 aliphatic carbocycles. The van der Waals surface area contributed by atoms with Crippen LogP contribution in [0.4, 0.5) is 0 Å². The molecule has 14 nitrogen and oxygen atoms in total. The number of imidazole rings is 1. The van der Waals surface area contributed by atoms with E-state index in [2.05, 4.69) is 31.7 Å². The zero-order valence-electron chi connectivity index (χ0n) is 37.0. The van der Waals surface area contributed by atoms with Crippen molar-refractivity contribution in [2.24, 2.45) is 5.41 Å². The summed E-state index contributed by atoms with van der Waals surface area (Å²) in [5, 5.41) is 20.2. The molecule has 4 heterocycles. The maximum Gasteiger partial charge on any atom is 0.246 e. The highest BCUT2D eigenvalue weighted by Crippen LogP contribution is 2.31. The van der Waals surface area contributed by atoms with Crippen LogP contribution in [0.1, 0.15) is 68.2 Å². The molecule has 65 heavy (non-hydrogen) atoms. The Hall–Kier alpha value is -5.32. The highest BCUT2D eigenvalue weighted by molar-refractivity contribution is 7.13. The molecule has 2 aromatic heterocycles.